The van der Waals surface area contributed by atoms with E-state index in [0.717, 1.165) is 35.0 Å². The van der Waals surface area contributed by atoms with Gasteiger partial charge in [-0.2, -0.15) is 13.1 Å². The third kappa shape index (κ3) is 7.47. The summed E-state index contributed by atoms with van der Waals surface area (Å²) in [6, 6.07) is 7.76. The van der Waals surface area contributed by atoms with Gasteiger partial charge >= 0.3 is 18.3 Å². The summed E-state index contributed by atoms with van der Waals surface area (Å²) in [7, 11) is -4.35. The minimum Gasteiger partial charge on any atom is -0.489 e. The number of halogens is 4. The van der Waals surface area contributed by atoms with E-state index in [1.54, 1.807) is 0 Å². The van der Waals surface area contributed by atoms with Gasteiger partial charge in [0.15, 0.2) is 16.9 Å². The Balaban J connectivity index is 1.32. The summed E-state index contributed by atoms with van der Waals surface area (Å²) >= 11 is 13.8. The quantitative estimate of drug-likeness (QED) is 0.191. The van der Waals surface area contributed by atoms with Crippen molar-refractivity contribution in [3.8, 4) is 11.5 Å². The van der Waals surface area contributed by atoms with Crippen LogP contribution < -0.4 is 20.7 Å². The molecule has 2 aromatic carbocycles. The summed E-state index contributed by atoms with van der Waals surface area (Å²) in [6.45, 7) is -2.88. The van der Waals surface area contributed by atoms with Gasteiger partial charge in [-0.1, -0.05) is 29.3 Å². The molecule has 18 heteroatoms. The van der Waals surface area contributed by atoms with Crippen LogP contribution in [0.3, 0.4) is 0 Å². The summed E-state index contributed by atoms with van der Waals surface area (Å²) in [5, 5.41) is -1.03. The Morgan fingerprint density at radius 2 is 1.81 bits per heavy atom. The number of carbonyl (C=O) groups is 1. The highest BCUT2D eigenvalue weighted by molar-refractivity contribution is 8.02. The van der Waals surface area contributed by atoms with Gasteiger partial charge in [0.25, 0.3) is 5.56 Å². The number of alkyl halides is 2. The van der Waals surface area contributed by atoms with Gasteiger partial charge in [0.05, 0.1) is 32.5 Å². The largest absolute Gasteiger partial charge is 0.489 e. The highest BCUT2D eigenvalue weighted by Gasteiger charge is 2.42. The maximum absolute atomic E-state index is 13.8. The minimum absolute atomic E-state index is 0.0137. The zero-order valence-corrected chi connectivity index (χ0v) is 27.8. The fourth-order valence-corrected chi connectivity index (χ4v) is 8.69. The number of aromatic amines is 2. The molecule has 2 atom stereocenters. The SMILES string of the molecule is O=C(O[C@@H](Cc1c(Cl)cncc1Cl)c1ccc(OC(F)F)c(OCC2CC2)c1)C1SCCN1S(=O)(=O)c1ccc2[nH]c(=O)[nH]c(=O)c2c1. The highest BCUT2D eigenvalue weighted by atomic mass is 35.5. The molecule has 1 saturated heterocycles. The number of H-pyrrole nitrogens is 2. The van der Waals surface area contributed by atoms with Crippen LogP contribution >= 0.6 is 35.0 Å². The average molecular weight is 744 g/mol. The lowest BCUT2D eigenvalue weighted by Crippen LogP contribution is -2.40. The smallest absolute Gasteiger partial charge is 0.387 e. The van der Waals surface area contributed by atoms with Gasteiger partial charge in [-0.3, -0.25) is 14.8 Å². The Bertz CT molecular complexity index is 2080. The number of sulfonamides is 1. The third-order valence-electron chi connectivity index (χ3n) is 7.70. The van der Waals surface area contributed by atoms with Crippen molar-refractivity contribution in [3.05, 3.63) is 90.8 Å². The van der Waals surface area contributed by atoms with Crippen molar-refractivity contribution in [2.24, 2.45) is 5.92 Å². The molecule has 0 amide bonds. The predicted molar refractivity (Wildman–Crippen MR) is 173 cm³/mol. The molecule has 254 valence electrons. The molecule has 1 saturated carbocycles. The van der Waals surface area contributed by atoms with E-state index in [1.165, 1.54) is 42.7 Å². The van der Waals surface area contributed by atoms with E-state index in [4.69, 9.17) is 32.7 Å². The van der Waals surface area contributed by atoms with Gasteiger partial charge < -0.3 is 19.2 Å². The topological polar surface area (TPSA) is 161 Å². The zero-order chi connectivity index (χ0) is 34.2. The fourth-order valence-electron chi connectivity index (χ4n) is 5.09. The fraction of sp³-hybridized carbons (Fsp3) is 0.333. The van der Waals surface area contributed by atoms with Crippen LogP contribution in [0.4, 0.5) is 8.78 Å². The first-order chi connectivity index (χ1) is 22.9. The number of thioether (sulfide) groups is 1. The van der Waals surface area contributed by atoms with Crippen LogP contribution in [-0.2, 0) is 26.0 Å². The van der Waals surface area contributed by atoms with Crippen molar-refractivity contribution in [3.63, 3.8) is 0 Å². The first kappa shape index (κ1) is 34.2. The maximum atomic E-state index is 13.8. The van der Waals surface area contributed by atoms with Crippen LogP contribution in [-0.4, -0.2) is 64.5 Å². The number of rotatable bonds is 12. The maximum Gasteiger partial charge on any atom is 0.387 e. The normalized spacial score (nSPS) is 17.5. The van der Waals surface area contributed by atoms with E-state index in [-0.39, 0.29) is 68.6 Å². The number of pyridine rings is 1. The van der Waals surface area contributed by atoms with Crippen molar-refractivity contribution < 1.29 is 36.2 Å². The molecule has 1 unspecified atom stereocenters. The molecule has 12 nitrogen and oxygen atoms in total. The number of benzene rings is 2. The van der Waals surface area contributed by atoms with Crippen LogP contribution in [0.1, 0.15) is 30.1 Å². The molecular formula is C30H26Cl2F2N4O8S2. The second-order valence-corrected chi connectivity index (χ2v) is 14.9. The predicted octanol–water partition coefficient (Wildman–Crippen LogP) is 4.90. The number of aromatic nitrogens is 3. The lowest BCUT2D eigenvalue weighted by molar-refractivity contribution is -0.150. The number of ether oxygens (including phenoxy) is 3. The van der Waals surface area contributed by atoms with E-state index in [0.29, 0.717) is 11.1 Å². The Hall–Kier alpha value is -3.70. The van der Waals surface area contributed by atoms with Crippen LogP contribution in [0.15, 0.2) is 63.3 Å². The van der Waals surface area contributed by atoms with Gasteiger partial charge in [0, 0.05) is 31.1 Å². The average Bonchev–Trinajstić information content (AvgIpc) is 3.73. The Kier molecular flexibility index (Phi) is 9.99. The molecule has 2 aliphatic rings. The number of fused-ring (bicyclic) bond motifs is 1. The van der Waals surface area contributed by atoms with Crippen LogP contribution in [0.25, 0.3) is 10.9 Å². The van der Waals surface area contributed by atoms with Crippen LogP contribution in [0.2, 0.25) is 10.0 Å². The van der Waals surface area contributed by atoms with Crippen molar-refractivity contribution in [1.82, 2.24) is 19.3 Å². The molecule has 1 aliphatic carbocycles. The Labute approximate surface area is 285 Å². The Morgan fingerprint density at radius 3 is 2.52 bits per heavy atom. The number of hydrogen-bond donors (Lipinski definition) is 2. The van der Waals surface area contributed by atoms with Gasteiger partial charge in [-0.25, -0.2) is 18.0 Å². The molecule has 2 fully saturated rings. The van der Waals surface area contributed by atoms with Gasteiger partial charge in [-0.05, 0) is 60.2 Å². The van der Waals surface area contributed by atoms with Crippen molar-refractivity contribution in [1.29, 1.82) is 0 Å². The lowest BCUT2D eigenvalue weighted by atomic mass is 10.0. The first-order valence-corrected chi connectivity index (χ1v) is 17.7. The molecule has 1 aliphatic heterocycles. The molecule has 2 aromatic heterocycles. The highest BCUT2D eigenvalue weighted by Crippen LogP contribution is 2.39. The third-order valence-corrected chi connectivity index (χ3v) is 11.5. The van der Waals surface area contributed by atoms with E-state index in [2.05, 4.69) is 19.7 Å². The number of nitrogens with one attached hydrogen (secondary N) is 2. The minimum atomic E-state index is -4.35. The monoisotopic (exact) mass is 742 g/mol. The van der Waals surface area contributed by atoms with Crippen LogP contribution in [0, 0.1) is 5.92 Å². The van der Waals surface area contributed by atoms with E-state index in [1.807, 2.05) is 0 Å². The lowest BCUT2D eigenvalue weighted by Gasteiger charge is -2.26. The summed E-state index contributed by atoms with van der Waals surface area (Å²) in [4.78, 5) is 46.0. The van der Waals surface area contributed by atoms with Gasteiger partial charge in [-0.15, -0.1) is 11.8 Å². The van der Waals surface area contributed by atoms with E-state index < -0.39 is 45.3 Å². The van der Waals surface area contributed by atoms with Crippen molar-refractivity contribution in [2.75, 3.05) is 18.9 Å². The van der Waals surface area contributed by atoms with Crippen molar-refractivity contribution in [2.45, 2.75) is 42.2 Å². The molecule has 0 spiro atoms. The number of hydrogen-bond acceptors (Lipinski definition) is 10. The number of nitrogens with zero attached hydrogens (tertiary/aromatic N) is 2. The molecule has 6 rings (SSSR count). The molecular weight excluding hydrogens is 717 g/mol. The number of esters is 1. The Morgan fingerprint density at radius 1 is 1.06 bits per heavy atom. The van der Waals surface area contributed by atoms with E-state index in [9.17, 15) is 31.6 Å². The molecule has 4 aromatic rings. The summed E-state index contributed by atoms with van der Waals surface area (Å²) < 4.78 is 71.4. The summed E-state index contributed by atoms with van der Waals surface area (Å²) in [5.74, 6) is -0.567. The van der Waals surface area contributed by atoms with Gasteiger partial charge in [0.1, 0.15) is 6.10 Å². The number of carbonyl (C=O) groups excluding carboxylic acids is 1. The first-order valence-electron chi connectivity index (χ1n) is 14.5. The summed E-state index contributed by atoms with van der Waals surface area (Å²) in [5.41, 5.74) is -0.693. The molecule has 2 N–H and O–H groups in total. The van der Waals surface area contributed by atoms with E-state index >= 15 is 0 Å². The molecule has 0 bridgehead atoms. The zero-order valence-electron chi connectivity index (χ0n) is 24.7. The second-order valence-electron chi connectivity index (χ2n) is 11.0. The molecule has 48 heavy (non-hydrogen) atoms. The standard InChI is InChI=1S/C30H26Cl2F2N4O8S2/c31-20-12-35-13-21(32)18(20)11-24(16-3-6-23(46-29(33)34)25(9-16)44-14-15-1-2-15)45-28(40)27-38(7-8-47-27)48(42,43)17-4-5-22-19(10-17)26(39)37-30(41)36-22/h3-6,9-10,12-13,15,24,27,29H,1-2,7-8,11,14H2,(H2,36,37,39,41)/t24-,27?/m0/s1. The second kappa shape index (κ2) is 14.0. The van der Waals surface area contributed by atoms with Crippen LogP contribution in [0.5, 0.6) is 11.5 Å². The van der Waals surface area contributed by atoms with Gasteiger partial charge in [0.2, 0.25) is 10.0 Å². The summed E-state index contributed by atoms with van der Waals surface area (Å²) in [6.07, 6.45) is 3.38. The van der Waals surface area contributed by atoms with Crippen molar-refractivity contribution >= 4 is 61.9 Å². The molecule has 3 heterocycles. The molecule has 0 radical (unpaired) electrons.